The topological polar surface area (TPSA) is 357 Å². The Morgan fingerprint density at radius 3 is 2.24 bits per heavy atom. The van der Waals surface area contributed by atoms with E-state index in [0.717, 1.165) is 35.3 Å². The summed E-state index contributed by atoms with van der Waals surface area (Å²) >= 11 is 0. The van der Waals surface area contributed by atoms with E-state index in [1.54, 1.807) is 52.3 Å². The maximum absolute atomic E-state index is 14.5. The Kier molecular flexibility index (Phi) is 24.6. The van der Waals surface area contributed by atoms with Crippen LogP contribution in [0.25, 0.3) is 0 Å². The number of benzene rings is 1. The van der Waals surface area contributed by atoms with Gasteiger partial charge in [-0.2, -0.15) is 0 Å². The number of Topliss-reactive ketones (excluding diaryl/α,β-unsaturated/α-hetero) is 1. The van der Waals surface area contributed by atoms with Crippen LogP contribution >= 0.6 is 0 Å². The van der Waals surface area contributed by atoms with E-state index >= 15 is 0 Å². The molecule has 11 rings (SSSR count). The highest BCUT2D eigenvalue weighted by Gasteiger charge is 2.65. The highest BCUT2D eigenvalue weighted by Crippen LogP contribution is 2.56. The molecule has 8 N–H and O–H groups in total. The number of hydrogen-bond acceptors (Lipinski definition) is 21. The molecular formula is C70H99N7O21. The zero-order chi connectivity index (χ0) is 69.4. The van der Waals surface area contributed by atoms with Gasteiger partial charge in [0.15, 0.2) is 5.79 Å². The fraction of sp³-hybridized carbons (Fsp3) is 0.714. The second kappa shape index (κ2) is 33.0. The van der Waals surface area contributed by atoms with Crippen molar-refractivity contribution in [2.24, 2.45) is 29.4 Å². The molecule has 10 heterocycles. The van der Waals surface area contributed by atoms with Crippen molar-refractivity contribution < 1.29 is 100 Å². The summed E-state index contributed by atoms with van der Waals surface area (Å²) in [5.74, 6) is -4.67. The van der Waals surface area contributed by atoms with Crippen LogP contribution < -0.4 is 32.3 Å². The molecule has 2 unspecified atom stereocenters. The normalized spacial score (nSPS) is 34.2. The van der Waals surface area contributed by atoms with E-state index in [1.807, 2.05) is 0 Å². The Bertz CT molecular complexity index is 3060. The molecule has 540 valence electrons. The van der Waals surface area contributed by atoms with Gasteiger partial charge in [0.25, 0.3) is 11.8 Å². The molecule has 1 spiro atoms. The number of ketones is 1. The van der Waals surface area contributed by atoms with Gasteiger partial charge in [0.1, 0.15) is 36.7 Å². The molecule has 0 aromatic heterocycles. The van der Waals surface area contributed by atoms with Crippen molar-refractivity contribution in [1.82, 2.24) is 26.2 Å². The van der Waals surface area contributed by atoms with Gasteiger partial charge in [-0.3, -0.25) is 33.7 Å². The highest BCUT2D eigenvalue weighted by molar-refractivity contribution is 6.12. The standard InChI is InChI=1S/C70H99N7O21/c1-37(2)62(76-59(80)19-22-89-24-25-90-23-21-77-60(81)17-18-61(77)82)67(84)75-50(8-7-20-72-68(71)85)66(83)74-41-11-9-40(10-12-41)36-91-69(86)73-35-43(79)29-55-63(88-6)48-28-42(78)27-44-14-16-52-64(94-44)57-33-56(95-52)65-58(87-5)34-70(97-57,98-65)49-31-46-26-38(3)51(93-46)15-13-45-30-47(49)39(4)53(92-45)32-54(48)96-55/h9-12,17-18,37,43-58,62-65,79H,3-4,7-8,13-16,19-36H2,1-2,5-6H3,(H,73,86)(H,74,83)(H,75,84)(H,76,80)(H3,71,72,85)/t43-,44+,45-,46+,47+,48-,49?,50-,51-,52-,53+,54-,55+,56?,57+,58+,62-,63+,64-,65+,70-/m0/s1. The third kappa shape index (κ3) is 17.7. The number of aliphatic hydroxyl groups is 1. The number of nitrogens with one attached hydrogen (secondary N) is 5. The second-order valence-corrected chi connectivity index (χ2v) is 28.2. The highest BCUT2D eigenvalue weighted by atomic mass is 16.7. The van der Waals surface area contributed by atoms with Crippen LogP contribution in [0.2, 0.25) is 0 Å². The summed E-state index contributed by atoms with van der Waals surface area (Å²) in [6.45, 7) is 13.1. The minimum atomic E-state index is -1.11. The van der Waals surface area contributed by atoms with Crippen molar-refractivity contribution in [3.8, 4) is 0 Å². The average molecular weight is 1370 g/mol. The minimum absolute atomic E-state index is 0.00584. The number of anilines is 1. The molecule has 28 heteroatoms. The number of rotatable bonds is 27. The van der Waals surface area contributed by atoms with Crippen molar-refractivity contribution in [3.63, 3.8) is 0 Å². The molecule has 9 saturated heterocycles. The Hall–Kier alpha value is -6.28. The van der Waals surface area contributed by atoms with Crippen LogP contribution in [0.1, 0.15) is 122 Å². The van der Waals surface area contributed by atoms with Gasteiger partial charge in [-0.15, -0.1) is 0 Å². The number of aliphatic hydroxyl groups excluding tert-OH is 1. The first kappa shape index (κ1) is 73.0. The number of imide groups is 1. The quantitative estimate of drug-likeness (QED) is 0.0376. The van der Waals surface area contributed by atoms with Gasteiger partial charge in [0.05, 0.1) is 112 Å². The first-order chi connectivity index (χ1) is 47.1. The number of methoxy groups -OCH3 is 2. The zero-order valence-corrected chi connectivity index (χ0v) is 56.6. The number of carbonyl (C=O) groups excluding carboxylic acids is 8. The zero-order valence-electron chi connectivity index (χ0n) is 56.6. The van der Waals surface area contributed by atoms with Crippen molar-refractivity contribution in [3.05, 3.63) is 66.3 Å². The molecule has 21 atom stereocenters. The summed E-state index contributed by atoms with van der Waals surface area (Å²) in [5.41, 5.74) is 8.17. The van der Waals surface area contributed by atoms with Crippen LogP contribution in [0.15, 0.2) is 60.7 Å². The van der Waals surface area contributed by atoms with Gasteiger partial charge in [0.2, 0.25) is 17.7 Å². The van der Waals surface area contributed by atoms with Crippen LogP contribution in [0, 0.1) is 23.7 Å². The number of urea groups is 1. The summed E-state index contributed by atoms with van der Waals surface area (Å²) in [4.78, 5) is 104. The van der Waals surface area contributed by atoms with Gasteiger partial charge in [-0.05, 0) is 98.5 Å². The van der Waals surface area contributed by atoms with Crippen LogP contribution in [-0.2, 0) is 92.2 Å². The average Bonchev–Trinajstić information content (AvgIpc) is 1.55. The van der Waals surface area contributed by atoms with Crippen molar-refractivity contribution in [2.75, 3.05) is 65.6 Å². The van der Waals surface area contributed by atoms with Gasteiger partial charge >= 0.3 is 12.1 Å². The molecule has 0 saturated carbocycles. The van der Waals surface area contributed by atoms with Crippen LogP contribution in [0.5, 0.6) is 0 Å². The molecule has 28 nitrogen and oxygen atoms in total. The van der Waals surface area contributed by atoms with Gasteiger partial charge in [-0.1, -0.05) is 39.1 Å². The first-order valence-electron chi connectivity index (χ1n) is 35.0. The number of amides is 8. The molecule has 98 heavy (non-hydrogen) atoms. The number of ether oxygens (including phenoxy) is 12. The largest absolute Gasteiger partial charge is 0.445 e. The second-order valence-electron chi connectivity index (χ2n) is 28.2. The van der Waals surface area contributed by atoms with Crippen molar-refractivity contribution >= 4 is 53.1 Å². The number of fused-ring (bicyclic) bond motifs is 9. The van der Waals surface area contributed by atoms with E-state index in [4.69, 9.17) is 69.2 Å². The smallest absolute Gasteiger partial charge is 0.407 e. The van der Waals surface area contributed by atoms with E-state index in [2.05, 4.69) is 33.2 Å². The number of carbonyl (C=O) groups is 8. The fourth-order valence-electron chi connectivity index (χ4n) is 16.3. The third-order valence-electron chi connectivity index (χ3n) is 21.2. The first-order valence-corrected chi connectivity index (χ1v) is 35.0. The summed E-state index contributed by atoms with van der Waals surface area (Å²) in [6, 6.07) is 3.60. The van der Waals surface area contributed by atoms with Crippen molar-refractivity contribution in [1.29, 1.82) is 0 Å². The van der Waals surface area contributed by atoms with Gasteiger partial charge in [-0.25, -0.2) is 9.59 Å². The summed E-state index contributed by atoms with van der Waals surface area (Å²) in [7, 11) is 3.32. The lowest BCUT2D eigenvalue weighted by Gasteiger charge is -2.51. The predicted molar refractivity (Wildman–Crippen MR) is 348 cm³/mol. The Morgan fingerprint density at radius 2 is 1.50 bits per heavy atom. The number of nitrogens with zero attached hydrogens (tertiary/aromatic N) is 1. The van der Waals surface area contributed by atoms with Crippen LogP contribution in [0.4, 0.5) is 15.3 Å². The lowest BCUT2D eigenvalue weighted by atomic mass is 9.69. The molecule has 1 aromatic rings. The van der Waals surface area contributed by atoms with Gasteiger partial charge < -0.3 is 94.3 Å². The summed E-state index contributed by atoms with van der Waals surface area (Å²) < 4.78 is 78.4. The maximum atomic E-state index is 14.5. The number of hydrogen-bond donors (Lipinski definition) is 7. The fourth-order valence-corrected chi connectivity index (χ4v) is 16.3. The molecule has 8 amide bonds. The predicted octanol–water partition coefficient (Wildman–Crippen LogP) is 3.62. The number of nitrogens with two attached hydrogens (primary N) is 1. The lowest BCUT2D eigenvalue weighted by Crippen LogP contribution is -2.59. The molecule has 11 bridgehead atoms. The summed E-state index contributed by atoms with van der Waals surface area (Å²) in [6.07, 6.45) is 2.63. The molecule has 0 radical (unpaired) electrons. The Morgan fingerprint density at radius 1 is 0.745 bits per heavy atom. The summed E-state index contributed by atoms with van der Waals surface area (Å²) in [5, 5.41) is 25.0. The molecule has 0 aliphatic carbocycles. The molecule has 10 aliphatic heterocycles. The molecule has 1 aromatic carbocycles. The Balaban J connectivity index is 0.679. The molecule has 9 fully saturated rings. The van der Waals surface area contributed by atoms with E-state index in [9.17, 15) is 43.5 Å². The van der Waals surface area contributed by atoms with Crippen LogP contribution in [0.3, 0.4) is 0 Å². The molecular weight excluding hydrogens is 1270 g/mol. The monoisotopic (exact) mass is 1370 g/mol. The molecule has 10 aliphatic rings. The third-order valence-corrected chi connectivity index (χ3v) is 21.2. The minimum Gasteiger partial charge on any atom is -0.445 e. The van der Waals surface area contributed by atoms with E-state index < -0.39 is 102 Å². The lowest BCUT2D eigenvalue weighted by molar-refractivity contribution is -0.302. The van der Waals surface area contributed by atoms with E-state index in [-0.39, 0.29) is 170 Å². The maximum Gasteiger partial charge on any atom is 0.407 e. The van der Waals surface area contributed by atoms with Crippen molar-refractivity contribution in [2.45, 2.75) is 233 Å². The van der Waals surface area contributed by atoms with Crippen LogP contribution in [-0.4, -0.2) is 227 Å². The van der Waals surface area contributed by atoms with E-state index in [1.165, 1.54) is 12.2 Å². The Labute approximate surface area is 571 Å². The van der Waals surface area contributed by atoms with Gasteiger partial charge in [0, 0.05) is 102 Å². The number of primary amides is 1. The van der Waals surface area contributed by atoms with E-state index in [0.29, 0.717) is 56.2 Å². The number of alkyl carbamates (subject to hydrolysis) is 1. The SMILES string of the molecule is C=C1C[C@@H]2CC3[C@@H]4C[C@H](CC[C@@H]1O2)O[C@H](C[C@@H]1O[C@H](C[C@H](O)CNC(=O)OCc2ccc(NC(=O)[C@H](CCCNC(N)=O)NC(=O)[C@@H](NC(=O)CCOCCOCCN5C(=O)C=CC5=O)C(C)C)cc2)[C@H](OC)[C@H]1CC(=O)C[C@H]1CC[C@@H]2OC5C[C@@H](O[C@]36C[C@@H](OC)[C@@H]5O6)[C@H]2O1)C4=C.